The van der Waals surface area contributed by atoms with Gasteiger partial charge in [0.2, 0.25) is 5.91 Å². The molecule has 1 amide bonds. The van der Waals surface area contributed by atoms with Gasteiger partial charge in [0.1, 0.15) is 11.5 Å². The van der Waals surface area contributed by atoms with Crippen LogP contribution in [0.4, 0.5) is 0 Å². The number of hydrogen-bond acceptors (Lipinski definition) is 5. The van der Waals surface area contributed by atoms with Gasteiger partial charge in [-0.2, -0.15) is 5.10 Å². The topological polar surface area (TPSA) is 71.9 Å². The number of thiazole rings is 1. The molecule has 0 saturated carbocycles. The largest absolute Gasteiger partial charge is 0.463 e. The van der Waals surface area contributed by atoms with Crippen LogP contribution in [0.15, 0.2) is 45.7 Å². The number of nitrogens with zero attached hydrogens (tertiary/aromatic N) is 3. The number of aromatic nitrogens is 2. The highest BCUT2D eigenvalue weighted by molar-refractivity contribution is 7.15. The molecule has 102 valence electrons. The summed E-state index contributed by atoms with van der Waals surface area (Å²) < 4.78 is 7.07. The SMILES string of the molecule is C/C(=N/NC(=O)Cc1cn2ccsc2n1)c1ccco1. The minimum atomic E-state index is -0.207. The summed E-state index contributed by atoms with van der Waals surface area (Å²) in [5.41, 5.74) is 3.84. The van der Waals surface area contributed by atoms with E-state index in [1.165, 1.54) is 11.3 Å². The van der Waals surface area contributed by atoms with Crippen LogP contribution in [0, 0.1) is 0 Å². The number of imidazole rings is 1. The molecule has 0 aliphatic rings. The Morgan fingerprint density at radius 2 is 2.50 bits per heavy atom. The molecule has 3 rings (SSSR count). The van der Waals surface area contributed by atoms with Gasteiger partial charge in [0.05, 0.1) is 18.4 Å². The van der Waals surface area contributed by atoms with Gasteiger partial charge < -0.3 is 4.42 Å². The van der Waals surface area contributed by atoms with E-state index >= 15 is 0 Å². The third kappa shape index (κ3) is 2.62. The number of fused-ring (bicyclic) bond motifs is 1. The van der Waals surface area contributed by atoms with Crippen LogP contribution in [-0.4, -0.2) is 21.0 Å². The van der Waals surface area contributed by atoms with Crippen LogP contribution in [0.5, 0.6) is 0 Å². The molecule has 6 nitrogen and oxygen atoms in total. The maximum atomic E-state index is 11.8. The van der Waals surface area contributed by atoms with Gasteiger partial charge >= 0.3 is 0 Å². The molecule has 0 unspecified atom stereocenters. The van der Waals surface area contributed by atoms with Crippen molar-refractivity contribution in [3.8, 4) is 0 Å². The smallest absolute Gasteiger partial charge is 0.246 e. The van der Waals surface area contributed by atoms with Gasteiger partial charge in [0.25, 0.3) is 0 Å². The standard InChI is InChI=1S/C13H12N4O2S/c1-9(11-3-2-5-19-11)15-16-12(18)7-10-8-17-4-6-20-13(17)14-10/h2-6,8H,7H2,1H3,(H,16,18)/b15-9-. The van der Waals surface area contributed by atoms with E-state index in [0.717, 1.165) is 10.7 Å². The lowest BCUT2D eigenvalue weighted by Crippen LogP contribution is -2.21. The molecule has 0 aliphatic carbocycles. The van der Waals surface area contributed by atoms with Crippen molar-refractivity contribution in [1.29, 1.82) is 0 Å². The molecule has 20 heavy (non-hydrogen) atoms. The summed E-state index contributed by atoms with van der Waals surface area (Å²) in [6.07, 6.45) is 5.51. The van der Waals surface area contributed by atoms with E-state index in [4.69, 9.17) is 4.42 Å². The first-order valence-corrected chi connectivity index (χ1v) is 6.88. The number of furan rings is 1. The summed E-state index contributed by atoms with van der Waals surface area (Å²) in [5, 5.41) is 5.94. The van der Waals surface area contributed by atoms with E-state index in [1.807, 2.05) is 22.2 Å². The van der Waals surface area contributed by atoms with Crippen LogP contribution in [0.3, 0.4) is 0 Å². The Kier molecular flexibility index (Phi) is 3.34. The van der Waals surface area contributed by atoms with Crippen molar-refractivity contribution in [3.63, 3.8) is 0 Å². The molecule has 0 fully saturated rings. The summed E-state index contributed by atoms with van der Waals surface area (Å²) in [5.74, 6) is 0.425. The lowest BCUT2D eigenvalue weighted by molar-refractivity contribution is -0.120. The lowest BCUT2D eigenvalue weighted by Gasteiger charge is -1.99. The maximum absolute atomic E-state index is 11.8. The molecule has 0 aliphatic heterocycles. The Labute approximate surface area is 118 Å². The number of hydrazone groups is 1. The fourth-order valence-corrected chi connectivity index (χ4v) is 2.47. The molecule has 3 heterocycles. The van der Waals surface area contributed by atoms with Gasteiger partial charge in [-0.15, -0.1) is 11.3 Å². The van der Waals surface area contributed by atoms with Crippen LogP contribution < -0.4 is 5.43 Å². The highest BCUT2D eigenvalue weighted by Gasteiger charge is 2.08. The van der Waals surface area contributed by atoms with E-state index in [9.17, 15) is 4.79 Å². The summed E-state index contributed by atoms with van der Waals surface area (Å²) in [6, 6.07) is 3.56. The van der Waals surface area contributed by atoms with Crippen molar-refractivity contribution >= 4 is 27.9 Å². The molecular weight excluding hydrogens is 276 g/mol. The Bertz CT molecular complexity index is 726. The van der Waals surface area contributed by atoms with Crippen molar-refractivity contribution in [2.75, 3.05) is 0 Å². The minimum Gasteiger partial charge on any atom is -0.463 e. The van der Waals surface area contributed by atoms with Gasteiger partial charge in [-0.1, -0.05) is 0 Å². The Morgan fingerprint density at radius 3 is 3.25 bits per heavy atom. The third-order valence-electron chi connectivity index (χ3n) is 2.71. The first-order chi connectivity index (χ1) is 9.72. The van der Waals surface area contributed by atoms with Crippen LogP contribution in [0.1, 0.15) is 18.4 Å². The minimum absolute atomic E-state index is 0.198. The normalized spacial score (nSPS) is 11.9. The Hall–Kier alpha value is -2.41. The fraction of sp³-hybridized carbons (Fsp3) is 0.154. The Balaban J connectivity index is 1.62. The summed E-state index contributed by atoms with van der Waals surface area (Å²) >= 11 is 1.53. The lowest BCUT2D eigenvalue weighted by atomic mass is 10.3. The zero-order chi connectivity index (χ0) is 13.9. The number of carbonyl (C=O) groups excluding carboxylic acids is 1. The third-order valence-corrected chi connectivity index (χ3v) is 3.48. The second-order valence-electron chi connectivity index (χ2n) is 4.21. The molecule has 0 radical (unpaired) electrons. The zero-order valence-electron chi connectivity index (χ0n) is 10.7. The quantitative estimate of drug-likeness (QED) is 0.590. The van der Waals surface area contributed by atoms with Crippen molar-refractivity contribution in [1.82, 2.24) is 14.8 Å². The number of rotatable bonds is 4. The van der Waals surface area contributed by atoms with E-state index in [-0.39, 0.29) is 12.3 Å². The number of carbonyl (C=O) groups is 1. The number of amides is 1. The molecule has 0 saturated heterocycles. The average Bonchev–Trinajstić information content (AvgIpc) is 3.11. The van der Waals surface area contributed by atoms with Crippen LogP contribution in [-0.2, 0) is 11.2 Å². The molecule has 0 atom stereocenters. The van der Waals surface area contributed by atoms with Crippen LogP contribution in [0.25, 0.3) is 4.96 Å². The van der Waals surface area contributed by atoms with E-state index in [2.05, 4.69) is 15.5 Å². The summed E-state index contributed by atoms with van der Waals surface area (Å²) in [4.78, 5) is 17.0. The second kappa shape index (κ2) is 5.30. The molecular formula is C13H12N4O2S. The molecule has 0 spiro atoms. The van der Waals surface area contributed by atoms with Gasteiger partial charge in [-0.25, -0.2) is 10.4 Å². The summed E-state index contributed by atoms with van der Waals surface area (Å²) in [7, 11) is 0. The van der Waals surface area contributed by atoms with Crippen LogP contribution in [0.2, 0.25) is 0 Å². The van der Waals surface area contributed by atoms with Gasteiger partial charge in [0, 0.05) is 17.8 Å². The highest BCUT2D eigenvalue weighted by Crippen LogP contribution is 2.11. The monoisotopic (exact) mass is 288 g/mol. The first-order valence-electron chi connectivity index (χ1n) is 6.00. The fourth-order valence-electron chi connectivity index (χ4n) is 1.75. The predicted molar refractivity (Wildman–Crippen MR) is 75.8 cm³/mol. The van der Waals surface area contributed by atoms with Crippen molar-refractivity contribution < 1.29 is 9.21 Å². The molecule has 7 heteroatoms. The molecule has 3 aromatic rings. The van der Waals surface area contributed by atoms with Crippen molar-refractivity contribution in [3.05, 3.63) is 47.6 Å². The molecule has 3 aromatic heterocycles. The first kappa shape index (κ1) is 12.6. The molecule has 1 N–H and O–H groups in total. The molecule has 0 aromatic carbocycles. The van der Waals surface area contributed by atoms with Crippen molar-refractivity contribution in [2.45, 2.75) is 13.3 Å². The van der Waals surface area contributed by atoms with Crippen molar-refractivity contribution in [2.24, 2.45) is 5.10 Å². The Morgan fingerprint density at radius 1 is 1.60 bits per heavy atom. The maximum Gasteiger partial charge on any atom is 0.246 e. The number of nitrogens with one attached hydrogen (secondary N) is 1. The predicted octanol–water partition coefficient (Wildman–Crippen LogP) is 2.07. The van der Waals surface area contributed by atoms with Crippen LogP contribution >= 0.6 is 11.3 Å². The zero-order valence-corrected chi connectivity index (χ0v) is 11.6. The van der Waals surface area contributed by atoms with E-state index in [0.29, 0.717) is 11.5 Å². The van der Waals surface area contributed by atoms with E-state index in [1.54, 1.807) is 25.3 Å². The summed E-state index contributed by atoms with van der Waals surface area (Å²) in [6.45, 7) is 1.77. The molecule has 0 bridgehead atoms. The van der Waals surface area contributed by atoms with E-state index < -0.39 is 0 Å². The highest BCUT2D eigenvalue weighted by atomic mass is 32.1. The van der Waals surface area contributed by atoms with Gasteiger partial charge in [-0.05, 0) is 19.1 Å². The van der Waals surface area contributed by atoms with Gasteiger partial charge in [-0.3, -0.25) is 9.20 Å². The number of hydrogen-bond donors (Lipinski definition) is 1. The average molecular weight is 288 g/mol. The van der Waals surface area contributed by atoms with Gasteiger partial charge in [0.15, 0.2) is 4.96 Å². The second-order valence-corrected chi connectivity index (χ2v) is 5.08.